The Labute approximate surface area is 178 Å². The number of para-hydroxylation sites is 1. The van der Waals surface area contributed by atoms with Gasteiger partial charge in [-0.2, -0.15) is 0 Å². The summed E-state index contributed by atoms with van der Waals surface area (Å²) in [6.45, 7) is 8.51. The van der Waals surface area contributed by atoms with E-state index in [0.29, 0.717) is 8.58 Å². The molecule has 2 unspecified atom stereocenters. The molecule has 29 heavy (non-hydrogen) atoms. The van der Waals surface area contributed by atoms with Crippen LogP contribution in [0.3, 0.4) is 0 Å². The molecule has 158 valence electrons. The number of benzene rings is 2. The van der Waals surface area contributed by atoms with Gasteiger partial charge in [0.15, 0.2) is 6.79 Å². The van der Waals surface area contributed by atoms with Crippen molar-refractivity contribution >= 4 is 13.9 Å². The summed E-state index contributed by atoms with van der Waals surface area (Å²) in [5.41, 5.74) is 2.79. The van der Waals surface area contributed by atoms with Crippen LogP contribution in [0, 0.1) is 0 Å². The smallest absolute Gasteiger partial charge is 0.188 e. The fourth-order valence-electron chi connectivity index (χ4n) is 4.37. The van der Waals surface area contributed by atoms with Crippen molar-refractivity contribution in [1.82, 2.24) is 4.90 Å². The Morgan fingerprint density at radius 3 is 2.48 bits per heavy atom. The minimum absolute atomic E-state index is 0.0527. The Bertz CT molecular complexity index is 760. The number of nitrogens with zero attached hydrogens (tertiary/aromatic N) is 1. The molecule has 0 N–H and O–H groups in total. The molecular formula is C25H36NO2P. The van der Waals surface area contributed by atoms with Crippen molar-refractivity contribution in [1.29, 1.82) is 0 Å². The van der Waals surface area contributed by atoms with Gasteiger partial charge in [0.25, 0.3) is 0 Å². The Morgan fingerprint density at radius 2 is 1.72 bits per heavy atom. The van der Waals surface area contributed by atoms with Crippen molar-refractivity contribution in [3.05, 3.63) is 59.7 Å². The van der Waals surface area contributed by atoms with E-state index in [0.717, 1.165) is 25.1 Å². The van der Waals surface area contributed by atoms with Gasteiger partial charge in [0, 0.05) is 24.4 Å². The summed E-state index contributed by atoms with van der Waals surface area (Å²) in [7, 11) is 2.38. The second-order valence-corrected chi connectivity index (χ2v) is 10.1. The molecule has 0 aromatic heterocycles. The van der Waals surface area contributed by atoms with Crippen molar-refractivity contribution in [2.75, 3.05) is 27.0 Å². The third-order valence-electron chi connectivity index (χ3n) is 5.83. The number of ether oxygens (including phenoxy) is 2. The third kappa shape index (κ3) is 6.04. The fraction of sp³-hybridized carbons (Fsp3) is 0.520. The van der Waals surface area contributed by atoms with Crippen LogP contribution in [-0.4, -0.2) is 31.9 Å². The zero-order valence-corrected chi connectivity index (χ0v) is 19.2. The first-order valence-electron chi connectivity index (χ1n) is 11.0. The molecule has 0 radical (unpaired) electrons. The number of hydrogen-bond acceptors (Lipinski definition) is 3. The van der Waals surface area contributed by atoms with Gasteiger partial charge in [-0.25, -0.2) is 0 Å². The average molecular weight is 414 g/mol. The fourth-order valence-corrected chi connectivity index (χ4v) is 6.18. The van der Waals surface area contributed by atoms with Crippen LogP contribution in [0.4, 0.5) is 0 Å². The molecule has 0 aliphatic carbocycles. The van der Waals surface area contributed by atoms with E-state index < -0.39 is 0 Å². The van der Waals surface area contributed by atoms with Crippen LogP contribution in [0.5, 0.6) is 5.75 Å². The largest absolute Gasteiger partial charge is 0.467 e. The highest BCUT2D eigenvalue weighted by Crippen LogP contribution is 2.48. The topological polar surface area (TPSA) is 21.7 Å². The van der Waals surface area contributed by atoms with Gasteiger partial charge >= 0.3 is 0 Å². The summed E-state index contributed by atoms with van der Waals surface area (Å²) in [6, 6.07) is 17.6. The van der Waals surface area contributed by atoms with Gasteiger partial charge in [-0.1, -0.05) is 77.7 Å². The predicted octanol–water partition coefficient (Wildman–Crippen LogP) is 5.67. The summed E-state index contributed by atoms with van der Waals surface area (Å²) in [5.74, 6) is 0.950. The molecule has 2 aromatic carbocycles. The lowest BCUT2D eigenvalue weighted by molar-refractivity contribution is 0.0500. The van der Waals surface area contributed by atoms with Gasteiger partial charge in [0.2, 0.25) is 0 Å². The monoisotopic (exact) mass is 413 g/mol. The normalized spacial score (nSPS) is 17.5. The quantitative estimate of drug-likeness (QED) is 0.370. The van der Waals surface area contributed by atoms with Crippen LogP contribution in [-0.2, 0) is 16.4 Å². The molecule has 1 saturated heterocycles. The van der Waals surface area contributed by atoms with E-state index in [9.17, 15) is 0 Å². The van der Waals surface area contributed by atoms with Crippen LogP contribution in [0.1, 0.15) is 57.1 Å². The highest BCUT2D eigenvalue weighted by Gasteiger charge is 2.30. The van der Waals surface area contributed by atoms with Crippen molar-refractivity contribution in [2.24, 2.45) is 0 Å². The standard InChI is InChI=1S/C25H36NO2P/c1-4-16-25(2,22-13-7-8-14-23(22)28-20-27-3)29-24-15-9-6-12-21(24)19-26-17-10-5-11-18-26/h6-9,12-15,29H,4-5,10-11,16-20H2,1-3H3. The molecule has 2 atom stereocenters. The van der Waals surface area contributed by atoms with Gasteiger partial charge in [-0.05, 0) is 49.3 Å². The summed E-state index contributed by atoms with van der Waals surface area (Å²) < 4.78 is 11.1. The van der Waals surface area contributed by atoms with Crippen molar-refractivity contribution in [3.8, 4) is 5.75 Å². The average Bonchev–Trinajstić information content (AvgIpc) is 2.75. The number of hydrogen-bond donors (Lipinski definition) is 0. The molecule has 3 nitrogen and oxygen atoms in total. The molecule has 0 amide bonds. The Balaban J connectivity index is 1.87. The summed E-state index contributed by atoms with van der Waals surface area (Å²) in [6.07, 6.45) is 6.34. The summed E-state index contributed by atoms with van der Waals surface area (Å²) in [5, 5.41) is 1.55. The third-order valence-corrected chi connectivity index (χ3v) is 7.66. The van der Waals surface area contributed by atoms with Gasteiger partial charge in [-0.3, -0.25) is 4.90 Å². The summed E-state index contributed by atoms with van der Waals surface area (Å²) >= 11 is 0. The Kier molecular flexibility index (Phi) is 8.53. The van der Waals surface area contributed by atoms with E-state index >= 15 is 0 Å². The second kappa shape index (κ2) is 11.1. The molecule has 1 heterocycles. The highest BCUT2D eigenvalue weighted by atomic mass is 31.1. The molecule has 0 saturated carbocycles. The summed E-state index contributed by atoms with van der Waals surface area (Å²) in [4.78, 5) is 2.62. The number of rotatable bonds is 10. The van der Waals surface area contributed by atoms with Gasteiger partial charge in [-0.15, -0.1) is 0 Å². The van der Waals surface area contributed by atoms with Crippen molar-refractivity contribution in [2.45, 2.75) is 57.7 Å². The van der Waals surface area contributed by atoms with E-state index in [2.05, 4.69) is 61.2 Å². The van der Waals surface area contributed by atoms with E-state index in [-0.39, 0.29) is 11.9 Å². The minimum atomic E-state index is 0.0527. The predicted molar refractivity (Wildman–Crippen MR) is 125 cm³/mol. The van der Waals surface area contributed by atoms with Crippen LogP contribution in [0.2, 0.25) is 0 Å². The van der Waals surface area contributed by atoms with Crippen LogP contribution in [0.25, 0.3) is 0 Å². The zero-order valence-electron chi connectivity index (χ0n) is 18.2. The van der Waals surface area contributed by atoms with E-state index in [1.54, 1.807) is 7.11 Å². The first kappa shape index (κ1) is 22.3. The molecule has 1 fully saturated rings. The molecule has 3 rings (SSSR count). The van der Waals surface area contributed by atoms with E-state index in [4.69, 9.17) is 9.47 Å². The first-order valence-corrected chi connectivity index (χ1v) is 12.0. The maximum Gasteiger partial charge on any atom is 0.188 e. The number of piperidine rings is 1. The van der Waals surface area contributed by atoms with Crippen molar-refractivity contribution < 1.29 is 9.47 Å². The molecule has 1 aliphatic heterocycles. The lowest BCUT2D eigenvalue weighted by Gasteiger charge is -2.33. The Hall–Kier alpha value is -1.41. The molecule has 0 spiro atoms. The number of methoxy groups -OCH3 is 1. The maximum atomic E-state index is 5.94. The second-order valence-electron chi connectivity index (χ2n) is 8.25. The van der Waals surface area contributed by atoms with E-state index in [1.165, 1.54) is 48.8 Å². The van der Waals surface area contributed by atoms with Gasteiger partial charge in [0.1, 0.15) is 5.75 Å². The minimum Gasteiger partial charge on any atom is -0.467 e. The highest BCUT2D eigenvalue weighted by molar-refractivity contribution is 7.48. The SMILES string of the molecule is CCCC(C)(Pc1ccccc1CN1CCCCC1)c1ccccc1OCOC. The van der Waals surface area contributed by atoms with E-state index in [1.807, 2.05) is 6.07 Å². The van der Waals surface area contributed by atoms with Crippen LogP contribution >= 0.6 is 8.58 Å². The molecular weight excluding hydrogens is 377 g/mol. The van der Waals surface area contributed by atoms with Crippen molar-refractivity contribution in [3.63, 3.8) is 0 Å². The molecule has 4 heteroatoms. The molecule has 0 bridgehead atoms. The molecule has 2 aromatic rings. The molecule has 1 aliphatic rings. The van der Waals surface area contributed by atoms with Gasteiger partial charge in [0.05, 0.1) is 0 Å². The lowest BCUT2D eigenvalue weighted by atomic mass is 9.94. The zero-order chi connectivity index (χ0) is 20.5. The first-order chi connectivity index (χ1) is 14.2. The Morgan fingerprint density at radius 1 is 1.00 bits per heavy atom. The maximum absolute atomic E-state index is 5.94. The number of likely N-dealkylation sites (tertiary alicyclic amines) is 1. The van der Waals surface area contributed by atoms with Gasteiger partial charge < -0.3 is 9.47 Å². The lowest BCUT2D eigenvalue weighted by Crippen LogP contribution is -2.31. The van der Waals surface area contributed by atoms with Crippen LogP contribution < -0.4 is 10.0 Å². The van der Waals surface area contributed by atoms with Crippen LogP contribution in [0.15, 0.2) is 48.5 Å².